The van der Waals surface area contributed by atoms with Gasteiger partial charge in [-0.1, -0.05) is 0 Å². The van der Waals surface area contributed by atoms with Gasteiger partial charge in [0.05, 0.1) is 19.3 Å². The van der Waals surface area contributed by atoms with Crippen LogP contribution in [0.5, 0.6) is 0 Å². The highest BCUT2D eigenvalue weighted by molar-refractivity contribution is 5.81. The normalized spacial score (nSPS) is 22.3. The molecule has 2 fully saturated rings. The quantitative estimate of drug-likeness (QED) is 0.728. The number of carbonyl (C=O) groups excluding carboxylic acids is 1. The lowest BCUT2D eigenvalue weighted by atomic mass is 10.2. The third kappa shape index (κ3) is 3.43. The third-order valence-corrected chi connectivity index (χ3v) is 3.81. The van der Waals surface area contributed by atoms with Crippen LogP contribution in [-0.4, -0.2) is 67.2 Å². The summed E-state index contributed by atoms with van der Waals surface area (Å²) in [6.07, 6.45) is 3.42. The van der Waals surface area contributed by atoms with Gasteiger partial charge < -0.3 is 15.4 Å². The van der Waals surface area contributed by atoms with E-state index in [1.54, 1.807) is 0 Å². The summed E-state index contributed by atoms with van der Waals surface area (Å²) in [6.45, 7) is 6.49. The molecule has 1 saturated carbocycles. The molecule has 0 aromatic carbocycles. The fourth-order valence-corrected chi connectivity index (χ4v) is 2.56. The first-order chi connectivity index (χ1) is 8.74. The number of morpholine rings is 1. The Kier molecular flexibility index (Phi) is 4.97. The van der Waals surface area contributed by atoms with Gasteiger partial charge in [-0.3, -0.25) is 9.69 Å². The van der Waals surface area contributed by atoms with Crippen molar-refractivity contribution in [1.29, 1.82) is 0 Å². The zero-order chi connectivity index (χ0) is 13.0. The number of nitrogens with two attached hydrogens (primary N) is 1. The standard InChI is InChI=1S/C13H25N3O2/c1-11(13(17)15-7-9-18-10-8-15)16(6-2-5-14)12-3-4-12/h11-12H,2-10,14H2,1H3. The van der Waals surface area contributed by atoms with Crippen LogP contribution in [0.15, 0.2) is 0 Å². The summed E-state index contributed by atoms with van der Waals surface area (Å²) < 4.78 is 5.29. The molecule has 104 valence electrons. The molecule has 1 aliphatic heterocycles. The third-order valence-electron chi connectivity index (χ3n) is 3.81. The SMILES string of the molecule is CC(C(=O)N1CCOCC1)N(CCCN)C1CC1. The highest BCUT2D eigenvalue weighted by atomic mass is 16.5. The van der Waals surface area contributed by atoms with Gasteiger partial charge in [-0.05, 0) is 32.7 Å². The molecule has 2 N–H and O–H groups in total. The second kappa shape index (κ2) is 6.50. The molecule has 2 rings (SSSR count). The van der Waals surface area contributed by atoms with E-state index in [-0.39, 0.29) is 11.9 Å². The van der Waals surface area contributed by atoms with E-state index >= 15 is 0 Å². The van der Waals surface area contributed by atoms with Gasteiger partial charge in [-0.15, -0.1) is 0 Å². The lowest BCUT2D eigenvalue weighted by Gasteiger charge is -2.34. The largest absolute Gasteiger partial charge is 0.378 e. The van der Waals surface area contributed by atoms with Crippen LogP contribution in [0.3, 0.4) is 0 Å². The minimum atomic E-state index is -0.0119. The number of carbonyl (C=O) groups is 1. The molecular formula is C13H25N3O2. The zero-order valence-corrected chi connectivity index (χ0v) is 11.3. The second-order valence-corrected chi connectivity index (χ2v) is 5.22. The van der Waals surface area contributed by atoms with Crippen molar-refractivity contribution in [2.45, 2.75) is 38.3 Å². The summed E-state index contributed by atoms with van der Waals surface area (Å²) in [7, 11) is 0. The van der Waals surface area contributed by atoms with Crippen molar-refractivity contribution in [2.75, 3.05) is 39.4 Å². The van der Waals surface area contributed by atoms with Crippen molar-refractivity contribution in [2.24, 2.45) is 5.73 Å². The van der Waals surface area contributed by atoms with E-state index in [4.69, 9.17) is 10.5 Å². The minimum Gasteiger partial charge on any atom is -0.378 e. The van der Waals surface area contributed by atoms with Crippen LogP contribution in [0.25, 0.3) is 0 Å². The first-order valence-electron chi connectivity index (χ1n) is 7.06. The Morgan fingerprint density at radius 2 is 2.11 bits per heavy atom. The topological polar surface area (TPSA) is 58.8 Å². The number of hydrogen-bond acceptors (Lipinski definition) is 4. The van der Waals surface area contributed by atoms with Crippen LogP contribution in [0.1, 0.15) is 26.2 Å². The van der Waals surface area contributed by atoms with Gasteiger partial charge in [-0.2, -0.15) is 0 Å². The van der Waals surface area contributed by atoms with Crippen molar-refractivity contribution < 1.29 is 9.53 Å². The van der Waals surface area contributed by atoms with E-state index in [0.717, 1.165) is 26.1 Å². The van der Waals surface area contributed by atoms with Crippen molar-refractivity contribution in [3.63, 3.8) is 0 Å². The summed E-state index contributed by atoms with van der Waals surface area (Å²) in [5.74, 6) is 0.252. The van der Waals surface area contributed by atoms with Crippen LogP contribution in [-0.2, 0) is 9.53 Å². The Morgan fingerprint density at radius 3 is 2.67 bits per heavy atom. The average Bonchev–Trinajstić information content (AvgIpc) is 3.24. The molecular weight excluding hydrogens is 230 g/mol. The lowest BCUT2D eigenvalue weighted by Crippen LogP contribution is -2.51. The molecule has 0 aromatic heterocycles. The van der Waals surface area contributed by atoms with E-state index in [0.29, 0.717) is 25.8 Å². The Balaban J connectivity index is 1.89. The van der Waals surface area contributed by atoms with Crippen molar-refractivity contribution in [1.82, 2.24) is 9.80 Å². The van der Waals surface area contributed by atoms with E-state index in [1.807, 2.05) is 11.8 Å². The van der Waals surface area contributed by atoms with Crippen molar-refractivity contribution in [3.05, 3.63) is 0 Å². The van der Waals surface area contributed by atoms with Crippen LogP contribution in [0.4, 0.5) is 0 Å². The molecule has 1 atom stereocenters. The summed E-state index contributed by atoms with van der Waals surface area (Å²) in [4.78, 5) is 16.7. The number of amides is 1. The van der Waals surface area contributed by atoms with Gasteiger partial charge in [0, 0.05) is 25.7 Å². The molecule has 5 nitrogen and oxygen atoms in total. The Labute approximate surface area is 109 Å². The summed E-state index contributed by atoms with van der Waals surface area (Å²) >= 11 is 0. The Bertz CT molecular complexity index is 275. The average molecular weight is 255 g/mol. The molecule has 1 aliphatic carbocycles. The highest BCUT2D eigenvalue weighted by Crippen LogP contribution is 2.29. The summed E-state index contributed by atoms with van der Waals surface area (Å²) in [5.41, 5.74) is 5.58. The first kappa shape index (κ1) is 13.8. The molecule has 1 amide bonds. The van der Waals surface area contributed by atoms with Gasteiger partial charge in [0.15, 0.2) is 0 Å². The van der Waals surface area contributed by atoms with Crippen LogP contribution in [0.2, 0.25) is 0 Å². The molecule has 0 spiro atoms. The molecule has 0 bridgehead atoms. The number of rotatable bonds is 6. The van der Waals surface area contributed by atoms with Gasteiger partial charge >= 0.3 is 0 Å². The van der Waals surface area contributed by atoms with Gasteiger partial charge in [0.1, 0.15) is 0 Å². The minimum absolute atomic E-state index is 0.0119. The van der Waals surface area contributed by atoms with E-state index < -0.39 is 0 Å². The van der Waals surface area contributed by atoms with Gasteiger partial charge in [0.2, 0.25) is 5.91 Å². The molecule has 1 saturated heterocycles. The Morgan fingerprint density at radius 1 is 1.44 bits per heavy atom. The Hall–Kier alpha value is -0.650. The second-order valence-electron chi connectivity index (χ2n) is 5.22. The molecule has 2 aliphatic rings. The predicted molar refractivity (Wildman–Crippen MR) is 70.3 cm³/mol. The van der Waals surface area contributed by atoms with Crippen molar-refractivity contribution >= 4 is 5.91 Å². The summed E-state index contributed by atoms with van der Waals surface area (Å²) in [6, 6.07) is 0.596. The van der Waals surface area contributed by atoms with E-state index in [2.05, 4.69) is 4.90 Å². The molecule has 18 heavy (non-hydrogen) atoms. The fourth-order valence-electron chi connectivity index (χ4n) is 2.56. The monoisotopic (exact) mass is 255 g/mol. The number of nitrogens with zero attached hydrogens (tertiary/aromatic N) is 2. The maximum Gasteiger partial charge on any atom is 0.239 e. The fraction of sp³-hybridized carbons (Fsp3) is 0.923. The van der Waals surface area contributed by atoms with Crippen LogP contribution in [0, 0.1) is 0 Å². The molecule has 5 heteroatoms. The van der Waals surface area contributed by atoms with Gasteiger partial charge in [-0.25, -0.2) is 0 Å². The number of ether oxygens (including phenoxy) is 1. The lowest BCUT2D eigenvalue weighted by molar-refractivity contribution is -0.140. The van der Waals surface area contributed by atoms with Crippen LogP contribution < -0.4 is 5.73 Å². The maximum absolute atomic E-state index is 12.4. The van der Waals surface area contributed by atoms with Crippen LogP contribution >= 0.6 is 0 Å². The highest BCUT2D eigenvalue weighted by Gasteiger charge is 2.36. The molecule has 0 radical (unpaired) electrons. The first-order valence-corrected chi connectivity index (χ1v) is 7.06. The molecule has 1 heterocycles. The number of hydrogen-bond donors (Lipinski definition) is 1. The summed E-state index contributed by atoms with van der Waals surface area (Å²) in [5, 5.41) is 0. The smallest absolute Gasteiger partial charge is 0.239 e. The van der Waals surface area contributed by atoms with Crippen molar-refractivity contribution in [3.8, 4) is 0 Å². The molecule has 0 aromatic rings. The predicted octanol–water partition coefficient (Wildman–Crippen LogP) is 0.0469. The molecule has 1 unspecified atom stereocenters. The van der Waals surface area contributed by atoms with E-state index in [1.165, 1.54) is 12.8 Å². The van der Waals surface area contributed by atoms with E-state index in [9.17, 15) is 4.79 Å². The van der Waals surface area contributed by atoms with Gasteiger partial charge in [0.25, 0.3) is 0 Å². The maximum atomic E-state index is 12.4. The zero-order valence-electron chi connectivity index (χ0n) is 11.3.